The van der Waals surface area contributed by atoms with Crippen molar-refractivity contribution in [3.8, 4) is 11.1 Å². The van der Waals surface area contributed by atoms with Crippen LogP contribution in [-0.4, -0.2) is 47.9 Å². The topological polar surface area (TPSA) is 105 Å². The molecule has 2 aromatic carbocycles. The first kappa shape index (κ1) is 26.1. The Hall–Kier alpha value is -3.56. The highest BCUT2D eigenvalue weighted by Crippen LogP contribution is 2.44. The molecule has 3 rings (SSSR count). The summed E-state index contributed by atoms with van der Waals surface area (Å²) in [7, 11) is 0. The minimum absolute atomic E-state index is 0.179. The van der Waals surface area contributed by atoms with Gasteiger partial charge < -0.3 is 15.2 Å². The molecule has 0 bridgehead atoms. The lowest BCUT2D eigenvalue weighted by molar-refractivity contribution is -0.194. The van der Waals surface area contributed by atoms with Crippen LogP contribution >= 0.6 is 0 Å². The average molecular weight is 492 g/mol. The van der Waals surface area contributed by atoms with Crippen molar-refractivity contribution < 1.29 is 37.4 Å². The van der Waals surface area contributed by atoms with Gasteiger partial charge in [-0.05, 0) is 35.6 Å². The number of hydrogen-bond donors (Lipinski definition) is 3. The molecule has 10 heteroatoms. The fourth-order valence-corrected chi connectivity index (χ4v) is 4.15. The number of alkyl carbamates (subject to hydrolysis) is 1. The first-order valence-corrected chi connectivity index (χ1v) is 11.2. The smallest absolute Gasteiger partial charge is 0.420 e. The van der Waals surface area contributed by atoms with Gasteiger partial charge in [-0.3, -0.25) is 14.9 Å². The van der Waals surface area contributed by atoms with Gasteiger partial charge in [-0.2, -0.15) is 13.2 Å². The highest BCUT2D eigenvalue weighted by atomic mass is 19.4. The number of benzene rings is 2. The van der Waals surface area contributed by atoms with Crippen molar-refractivity contribution in [2.24, 2.45) is 5.92 Å². The molecule has 35 heavy (non-hydrogen) atoms. The second kappa shape index (κ2) is 10.4. The first-order valence-electron chi connectivity index (χ1n) is 11.2. The highest BCUT2D eigenvalue weighted by Gasteiger charge is 2.58. The van der Waals surface area contributed by atoms with E-state index in [1.54, 1.807) is 12.2 Å². The van der Waals surface area contributed by atoms with Crippen LogP contribution in [0, 0.1) is 5.92 Å². The van der Waals surface area contributed by atoms with Crippen molar-refractivity contribution in [3.63, 3.8) is 0 Å². The molecule has 0 saturated heterocycles. The summed E-state index contributed by atoms with van der Waals surface area (Å²) in [5.41, 5.74) is 0.362. The molecular weight excluding hydrogens is 465 g/mol. The number of carboxylic acids is 1. The molecule has 2 amide bonds. The number of carbonyl (C=O) groups excluding carboxylic acids is 2. The maximum Gasteiger partial charge on any atom is 0.420 e. The van der Waals surface area contributed by atoms with Gasteiger partial charge in [0, 0.05) is 12.5 Å². The highest BCUT2D eigenvalue weighted by molar-refractivity contribution is 5.91. The monoisotopic (exact) mass is 492 g/mol. The van der Waals surface area contributed by atoms with E-state index < -0.39 is 42.1 Å². The summed E-state index contributed by atoms with van der Waals surface area (Å²) in [6, 6.07) is 15.0. The number of fused-ring (bicyclic) bond motifs is 3. The number of rotatable bonds is 9. The molecule has 0 spiro atoms. The van der Waals surface area contributed by atoms with Crippen molar-refractivity contribution in [2.75, 3.05) is 13.2 Å². The zero-order chi connectivity index (χ0) is 25.8. The van der Waals surface area contributed by atoms with Crippen LogP contribution in [0.1, 0.15) is 43.7 Å². The maximum atomic E-state index is 13.8. The molecule has 188 valence electrons. The van der Waals surface area contributed by atoms with Gasteiger partial charge in [-0.15, -0.1) is 0 Å². The van der Waals surface area contributed by atoms with E-state index >= 15 is 0 Å². The average Bonchev–Trinajstić information content (AvgIpc) is 3.13. The zero-order valence-corrected chi connectivity index (χ0v) is 19.3. The molecule has 2 atom stereocenters. The fraction of sp³-hybridized carbons (Fsp3) is 0.400. The Labute approximate surface area is 200 Å². The Balaban J connectivity index is 1.70. The summed E-state index contributed by atoms with van der Waals surface area (Å²) in [4.78, 5) is 36.2. The Morgan fingerprint density at radius 2 is 1.57 bits per heavy atom. The van der Waals surface area contributed by atoms with Gasteiger partial charge in [0.05, 0.1) is 5.92 Å². The molecule has 0 aromatic heterocycles. The molecule has 0 radical (unpaired) electrons. The van der Waals surface area contributed by atoms with Gasteiger partial charge in [0.15, 0.2) is 0 Å². The van der Waals surface area contributed by atoms with Crippen LogP contribution in [0.4, 0.5) is 18.0 Å². The van der Waals surface area contributed by atoms with Crippen molar-refractivity contribution in [1.29, 1.82) is 0 Å². The van der Waals surface area contributed by atoms with Gasteiger partial charge in [-0.1, -0.05) is 61.9 Å². The third-order valence-corrected chi connectivity index (χ3v) is 6.21. The molecule has 1 aliphatic carbocycles. The molecular formula is C25H27F3N2O5. The zero-order valence-electron chi connectivity index (χ0n) is 19.3. The van der Waals surface area contributed by atoms with Crippen LogP contribution in [-0.2, 0) is 14.3 Å². The van der Waals surface area contributed by atoms with E-state index in [4.69, 9.17) is 4.74 Å². The number of carbonyl (C=O) groups is 3. The quantitative estimate of drug-likeness (QED) is 0.479. The van der Waals surface area contributed by atoms with Crippen LogP contribution in [0.2, 0.25) is 0 Å². The molecule has 2 unspecified atom stereocenters. The van der Waals surface area contributed by atoms with Crippen LogP contribution in [0.15, 0.2) is 48.5 Å². The predicted molar refractivity (Wildman–Crippen MR) is 122 cm³/mol. The molecule has 1 aliphatic rings. The Bertz CT molecular complexity index is 1060. The number of halogens is 3. The second-order valence-corrected chi connectivity index (χ2v) is 8.61. The number of alkyl halides is 3. The molecule has 2 aromatic rings. The third kappa shape index (κ3) is 5.41. The van der Waals surface area contributed by atoms with E-state index in [0.29, 0.717) is 13.3 Å². The molecule has 0 saturated carbocycles. The van der Waals surface area contributed by atoms with E-state index in [-0.39, 0.29) is 18.9 Å². The van der Waals surface area contributed by atoms with Gasteiger partial charge in [-0.25, -0.2) is 4.79 Å². The molecule has 0 fully saturated rings. The SMILES string of the molecule is CCCC(CNC(=O)C(C)(NC(=O)OCC1c2ccccc2-c2ccccc21)C(F)(F)F)C(=O)O. The predicted octanol–water partition coefficient (Wildman–Crippen LogP) is 4.46. The third-order valence-electron chi connectivity index (χ3n) is 6.21. The number of carboxylic acid groups (broad SMARTS) is 1. The number of amides is 2. The molecule has 3 N–H and O–H groups in total. The van der Waals surface area contributed by atoms with Crippen LogP contribution in [0.25, 0.3) is 11.1 Å². The summed E-state index contributed by atoms with van der Waals surface area (Å²) >= 11 is 0. The molecule has 0 heterocycles. The number of nitrogens with one attached hydrogen (secondary N) is 2. The minimum atomic E-state index is -5.16. The van der Waals surface area contributed by atoms with Crippen molar-refractivity contribution >= 4 is 18.0 Å². The van der Waals surface area contributed by atoms with Crippen molar-refractivity contribution in [2.45, 2.75) is 44.3 Å². The van der Waals surface area contributed by atoms with Crippen molar-refractivity contribution in [1.82, 2.24) is 10.6 Å². The normalized spacial score (nSPS) is 15.3. The molecule has 0 aliphatic heterocycles. The minimum Gasteiger partial charge on any atom is -0.481 e. The van der Waals surface area contributed by atoms with E-state index in [1.165, 1.54) is 0 Å². The molecule has 7 nitrogen and oxygen atoms in total. The number of hydrogen-bond acceptors (Lipinski definition) is 4. The van der Waals surface area contributed by atoms with Crippen LogP contribution in [0.3, 0.4) is 0 Å². The van der Waals surface area contributed by atoms with Gasteiger partial charge in [0.1, 0.15) is 6.61 Å². The van der Waals surface area contributed by atoms with E-state index in [2.05, 4.69) is 0 Å². The van der Waals surface area contributed by atoms with E-state index in [9.17, 15) is 32.7 Å². The Kier molecular flexibility index (Phi) is 7.72. The van der Waals surface area contributed by atoms with Crippen LogP contribution in [0.5, 0.6) is 0 Å². The summed E-state index contributed by atoms with van der Waals surface area (Å²) in [5, 5.41) is 12.8. The Morgan fingerprint density at radius 3 is 2.06 bits per heavy atom. The van der Waals surface area contributed by atoms with Crippen LogP contribution < -0.4 is 10.6 Å². The van der Waals surface area contributed by atoms with Gasteiger partial charge >= 0.3 is 18.2 Å². The van der Waals surface area contributed by atoms with Gasteiger partial charge in [0.2, 0.25) is 5.54 Å². The first-order chi connectivity index (χ1) is 16.5. The Morgan fingerprint density at radius 1 is 1.03 bits per heavy atom. The van der Waals surface area contributed by atoms with E-state index in [0.717, 1.165) is 22.3 Å². The number of aliphatic carboxylic acids is 1. The van der Waals surface area contributed by atoms with Crippen molar-refractivity contribution in [3.05, 3.63) is 59.7 Å². The largest absolute Gasteiger partial charge is 0.481 e. The fourth-order valence-electron chi connectivity index (χ4n) is 4.15. The lowest BCUT2D eigenvalue weighted by Gasteiger charge is -2.31. The lowest BCUT2D eigenvalue weighted by atomic mass is 9.98. The van der Waals surface area contributed by atoms with E-state index in [1.807, 2.05) is 53.8 Å². The van der Waals surface area contributed by atoms with Gasteiger partial charge in [0.25, 0.3) is 5.91 Å². The number of ether oxygens (including phenoxy) is 1. The summed E-state index contributed by atoms with van der Waals surface area (Å²) in [6.45, 7) is 1.50. The maximum absolute atomic E-state index is 13.8. The summed E-state index contributed by atoms with van der Waals surface area (Å²) in [6.07, 6.45) is -5.92. The second-order valence-electron chi connectivity index (χ2n) is 8.61. The summed E-state index contributed by atoms with van der Waals surface area (Å²) < 4.78 is 46.7. The lowest BCUT2D eigenvalue weighted by Crippen LogP contribution is -2.65. The summed E-state index contributed by atoms with van der Waals surface area (Å²) in [5.74, 6) is -4.22. The standard InChI is InChI=1S/C25H27F3N2O5/c1-3-8-15(21(31)32)13-29-22(33)24(2,25(26,27)28)30-23(34)35-14-20-18-11-6-4-9-16(18)17-10-5-7-12-19(17)20/h4-7,9-12,15,20H,3,8,13-14H2,1-2H3,(H,29,33)(H,30,34)(H,31,32).